The molecule has 1 saturated carbocycles. The molecule has 1 aromatic rings. The first-order chi connectivity index (χ1) is 10.1. The standard InChI is InChI=1S/C18H24O3/c1-13-7-9-16(11-14(13)2)17(19)12-21-18(20)10-8-15-5-3-4-6-15/h7,9,11,15H,3-6,8,10,12H2,1-2H3. The lowest BCUT2D eigenvalue weighted by atomic mass is 10.0. The molecule has 0 saturated heterocycles. The molecular formula is C18H24O3. The van der Waals surface area contributed by atoms with Gasteiger partial charge in [-0.15, -0.1) is 0 Å². The number of Topliss-reactive ketones (excluding diaryl/α,β-unsaturated/α-hetero) is 1. The van der Waals surface area contributed by atoms with Crippen molar-refractivity contribution in [3.8, 4) is 0 Å². The molecule has 0 atom stereocenters. The summed E-state index contributed by atoms with van der Waals surface area (Å²) in [5.74, 6) is 0.291. The smallest absolute Gasteiger partial charge is 0.306 e. The molecule has 1 aromatic carbocycles. The second-order valence-electron chi connectivity index (χ2n) is 6.07. The largest absolute Gasteiger partial charge is 0.457 e. The molecule has 3 nitrogen and oxygen atoms in total. The van der Waals surface area contributed by atoms with E-state index in [0.29, 0.717) is 17.9 Å². The van der Waals surface area contributed by atoms with Gasteiger partial charge in [-0.25, -0.2) is 0 Å². The molecule has 0 amide bonds. The maximum Gasteiger partial charge on any atom is 0.306 e. The molecule has 3 heteroatoms. The average molecular weight is 288 g/mol. The van der Waals surface area contributed by atoms with Crippen LogP contribution in [0.1, 0.15) is 60.0 Å². The van der Waals surface area contributed by atoms with Gasteiger partial charge in [0.2, 0.25) is 0 Å². The SMILES string of the molecule is Cc1ccc(C(=O)COC(=O)CCC2CCCC2)cc1C. The van der Waals surface area contributed by atoms with E-state index in [1.54, 1.807) is 6.07 Å². The van der Waals surface area contributed by atoms with Crippen LogP contribution in [0.4, 0.5) is 0 Å². The van der Waals surface area contributed by atoms with Crippen molar-refractivity contribution in [3.05, 3.63) is 34.9 Å². The fourth-order valence-corrected chi connectivity index (χ4v) is 2.84. The summed E-state index contributed by atoms with van der Waals surface area (Å²) >= 11 is 0. The third-order valence-corrected chi connectivity index (χ3v) is 4.42. The van der Waals surface area contributed by atoms with Crippen molar-refractivity contribution in [3.63, 3.8) is 0 Å². The highest BCUT2D eigenvalue weighted by atomic mass is 16.5. The Morgan fingerprint density at radius 3 is 2.52 bits per heavy atom. The van der Waals surface area contributed by atoms with Crippen molar-refractivity contribution in [2.24, 2.45) is 5.92 Å². The fourth-order valence-electron chi connectivity index (χ4n) is 2.84. The summed E-state index contributed by atoms with van der Waals surface area (Å²) in [5.41, 5.74) is 2.84. The number of ether oxygens (including phenoxy) is 1. The van der Waals surface area contributed by atoms with Gasteiger partial charge in [0.25, 0.3) is 0 Å². The van der Waals surface area contributed by atoms with Crippen LogP contribution in [-0.4, -0.2) is 18.4 Å². The van der Waals surface area contributed by atoms with Crippen molar-refractivity contribution < 1.29 is 14.3 Å². The molecule has 1 fully saturated rings. The van der Waals surface area contributed by atoms with E-state index >= 15 is 0 Å². The number of aryl methyl sites for hydroxylation is 2. The van der Waals surface area contributed by atoms with Crippen molar-refractivity contribution in [1.29, 1.82) is 0 Å². The summed E-state index contributed by atoms with van der Waals surface area (Å²) in [7, 11) is 0. The van der Waals surface area contributed by atoms with Crippen LogP contribution in [0, 0.1) is 19.8 Å². The Bertz CT molecular complexity index is 513. The third kappa shape index (κ3) is 4.69. The van der Waals surface area contributed by atoms with Gasteiger partial charge in [0.05, 0.1) is 0 Å². The number of ketones is 1. The first-order valence-corrected chi connectivity index (χ1v) is 7.82. The Morgan fingerprint density at radius 1 is 1.14 bits per heavy atom. The summed E-state index contributed by atoms with van der Waals surface area (Å²) in [6, 6.07) is 5.56. The Balaban J connectivity index is 1.74. The van der Waals surface area contributed by atoms with Crippen LogP contribution in [-0.2, 0) is 9.53 Å². The monoisotopic (exact) mass is 288 g/mol. The van der Waals surface area contributed by atoms with Gasteiger partial charge in [-0.2, -0.15) is 0 Å². The van der Waals surface area contributed by atoms with Gasteiger partial charge in [-0.1, -0.05) is 37.8 Å². The summed E-state index contributed by atoms with van der Waals surface area (Å²) < 4.78 is 5.10. The number of carbonyl (C=O) groups excluding carboxylic acids is 2. The van der Waals surface area contributed by atoms with Gasteiger partial charge in [-0.05, 0) is 43.4 Å². The third-order valence-electron chi connectivity index (χ3n) is 4.42. The van der Waals surface area contributed by atoms with E-state index in [-0.39, 0.29) is 18.4 Å². The Kier molecular flexibility index (Phi) is 5.54. The second kappa shape index (κ2) is 7.39. The zero-order valence-electron chi connectivity index (χ0n) is 13.0. The van der Waals surface area contributed by atoms with Gasteiger partial charge in [-0.3, -0.25) is 9.59 Å². The number of carbonyl (C=O) groups is 2. The Labute approximate surface area is 126 Å². The number of rotatable bonds is 6. The molecule has 0 heterocycles. The number of benzene rings is 1. The molecule has 0 N–H and O–H groups in total. The molecule has 0 radical (unpaired) electrons. The minimum atomic E-state index is -0.251. The van der Waals surface area contributed by atoms with E-state index in [0.717, 1.165) is 17.5 Å². The van der Waals surface area contributed by atoms with Gasteiger partial charge in [0.15, 0.2) is 12.4 Å². The van der Waals surface area contributed by atoms with E-state index in [9.17, 15) is 9.59 Å². The predicted molar refractivity (Wildman–Crippen MR) is 82.4 cm³/mol. The lowest BCUT2D eigenvalue weighted by molar-refractivity contribution is -0.142. The second-order valence-corrected chi connectivity index (χ2v) is 6.07. The van der Waals surface area contributed by atoms with Crippen molar-refractivity contribution in [2.75, 3.05) is 6.61 Å². The van der Waals surface area contributed by atoms with Crippen molar-refractivity contribution in [2.45, 2.75) is 52.4 Å². The van der Waals surface area contributed by atoms with Crippen LogP contribution >= 0.6 is 0 Å². The number of esters is 1. The summed E-state index contributed by atoms with van der Waals surface area (Å²) in [5, 5.41) is 0. The first kappa shape index (κ1) is 15.7. The molecule has 0 bridgehead atoms. The molecule has 21 heavy (non-hydrogen) atoms. The van der Waals surface area contributed by atoms with Crippen LogP contribution in [0.25, 0.3) is 0 Å². The van der Waals surface area contributed by atoms with E-state index < -0.39 is 0 Å². The fraction of sp³-hybridized carbons (Fsp3) is 0.556. The lowest BCUT2D eigenvalue weighted by Gasteiger charge is -2.09. The van der Waals surface area contributed by atoms with E-state index in [1.807, 2.05) is 26.0 Å². The number of hydrogen-bond acceptors (Lipinski definition) is 3. The zero-order valence-corrected chi connectivity index (χ0v) is 13.0. The van der Waals surface area contributed by atoms with Gasteiger partial charge < -0.3 is 4.74 Å². The first-order valence-electron chi connectivity index (χ1n) is 7.82. The van der Waals surface area contributed by atoms with Crippen molar-refractivity contribution >= 4 is 11.8 Å². The van der Waals surface area contributed by atoms with Gasteiger partial charge in [0, 0.05) is 12.0 Å². The minimum absolute atomic E-state index is 0.132. The molecule has 0 aromatic heterocycles. The average Bonchev–Trinajstić information content (AvgIpc) is 2.98. The maximum atomic E-state index is 12.0. The maximum absolute atomic E-state index is 12.0. The highest BCUT2D eigenvalue weighted by molar-refractivity contribution is 5.98. The molecule has 1 aliphatic carbocycles. The van der Waals surface area contributed by atoms with Crippen LogP contribution in [0.2, 0.25) is 0 Å². The van der Waals surface area contributed by atoms with Gasteiger partial charge in [0.1, 0.15) is 0 Å². The highest BCUT2D eigenvalue weighted by Crippen LogP contribution is 2.28. The predicted octanol–water partition coefficient (Wildman–Crippen LogP) is 4.00. The Hall–Kier alpha value is -1.64. The molecular weight excluding hydrogens is 264 g/mol. The normalized spacial score (nSPS) is 15.1. The van der Waals surface area contributed by atoms with Crippen LogP contribution < -0.4 is 0 Å². The zero-order chi connectivity index (χ0) is 15.2. The molecule has 0 unspecified atom stereocenters. The van der Waals surface area contributed by atoms with Crippen LogP contribution in [0.5, 0.6) is 0 Å². The van der Waals surface area contributed by atoms with E-state index in [2.05, 4.69) is 0 Å². The lowest BCUT2D eigenvalue weighted by Crippen LogP contribution is -2.15. The quantitative estimate of drug-likeness (QED) is 0.587. The molecule has 0 aliphatic heterocycles. The van der Waals surface area contributed by atoms with E-state index in [1.165, 1.54) is 25.7 Å². The van der Waals surface area contributed by atoms with Crippen LogP contribution in [0.3, 0.4) is 0 Å². The van der Waals surface area contributed by atoms with Gasteiger partial charge >= 0.3 is 5.97 Å². The molecule has 0 spiro atoms. The molecule has 1 aliphatic rings. The van der Waals surface area contributed by atoms with Crippen molar-refractivity contribution in [1.82, 2.24) is 0 Å². The molecule has 114 valence electrons. The highest BCUT2D eigenvalue weighted by Gasteiger charge is 2.17. The Morgan fingerprint density at radius 2 is 1.86 bits per heavy atom. The van der Waals surface area contributed by atoms with Crippen LogP contribution in [0.15, 0.2) is 18.2 Å². The number of hydrogen-bond donors (Lipinski definition) is 0. The minimum Gasteiger partial charge on any atom is -0.457 e. The summed E-state index contributed by atoms with van der Waals surface area (Å²) in [6.45, 7) is 3.83. The topological polar surface area (TPSA) is 43.4 Å². The molecule has 2 rings (SSSR count). The summed E-state index contributed by atoms with van der Waals surface area (Å²) in [4.78, 5) is 23.7. The summed E-state index contributed by atoms with van der Waals surface area (Å²) in [6.07, 6.45) is 6.36. The van der Waals surface area contributed by atoms with E-state index in [4.69, 9.17) is 4.74 Å².